The van der Waals surface area contributed by atoms with E-state index in [9.17, 15) is 0 Å². The van der Waals surface area contributed by atoms with Crippen molar-refractivity contribution >= 4 is 0 Å². The van der Waals surface area contributed by atoms with Gasteiger partial charge in [0.05, 0.1) is 17.6 Å². The number of benzene rings is 1. The third kappa shape index (κ3) is 3.79. The zero-order valence-corrected chi connectivity index (χ0v) is 14.2. The summed E-state index contributed by atoms with van der Waals surface area (Å²) in [6, 6.07) is 10.0. The Morgan fingerprint density at radius 2 is 1.87 bits per heavy atom. The zero-order chi connectivity index (χ0) is 16.1. The molecule has 5 heteroatoms. The maximum Gasteiger partial charge on any atom is 0.0969 e. The van der Waals surface area contributed by atoms with Gasteiger partial charge in [-0.1, -0.05) is 37.5 Å². The number of hydrogen-bond donors (Lipinski definition) is 1. The Labute approximate surface area is 138 Å². The standard InChI is InChI=1S/C18H27N5/c1-22(2)18(11-7-4-8-12-18)15-19-13-16-14-20-23(21-16)17-9-5-3-6-10-17/h3,5-6,9-10,14,19H,4,7-8,11-13,15H2,1-2H3. The number of aromatic nitrogens is 3. The second kappa shape index (κ2) is 7.23. The molecule has 3 rings (SSSR count). The molecule has 0 atom stereocenters. The van der Waals surface area contributed by atoms with Gasteiger partial charge in [0.2, 0.25) is 0 Å². The van der Waals surface area contributed by atoms with Crippen LogP contribution in [0.4, 0.5) is 0 Å². The molecule has 1 aliphatic carbocycles. The van der Waals surface area contributed by atoms with E-state index >= 15 is 0 Å². The fourth-order valence-corrected chi connectivity index (χ4v) is 3.48. The number of nitrogens with one attached hydrogen (secondary N) is 1. The topological polar surface area (TPSA) is 46.0 Å². The molecule has 0 saturated heterocycles. The summed E-state index contributed by atoms with van der Waals surface area (Å²) in [6.07, 6.45) is 8.46. The van der Waals surface area contributed by atoms with Crippen LogP contribution in [0, 0.1) is 0 Å². The molecule has 124 valence electrons. The fourth-order valence-electron chi connectivity index (χ4n) is 3.48. The van der Waals surface area contributed by atoms with Crippen LogP contribution < -0.4 is 5.32 Å². The second-order valence-corrected chi connectivity index (χ2v) is 6.74. The first-order valence-electron chi connectivity index (χ1n) is 8.54. The minimum absolute atomic E-state index is 0.299. The summed E-state index contributed by atoms with van der Waals surface area (Å²) in [6.45, 7) is 1.78. The minimum Gasteiger partial charge on any atom is -0.309 e. The summed E-state index contributed by atoms with van der Waals surface area (Å²) in [5, 5.41) is 12.5. The number of hydrogen-bond acceptors (Lipinski definition) is 4. The van der Waals surface area contributed by atoms with Crippen molar-refractivity contribution in [1.29, 1.82) is 0 Å². The van der Waals surface area contributed by atoms with Gasteiger partial charge in [0.25, 0.3) is 0 Å². The van der Waals surface area contributed by atoms with E-state index in [1.54, 1.807) is 4.80 Å². The third-order valence-electron chi connectivity index (χ3n) is 5.02. The van der Waals surface area contributed by atoms with E-state index in [1.807, 2.05) is 36.5 Å². The van der Waals surface area contributed by atoms with E-state index in [0.717, 1.165) is 24.5 Å². The first-order chi connectivity index (χ1) is 11.2. The van der Waals surface area contributed by atoms with E-state index in [2.05, 4.69) is 34.5 Å². The van der Waals surface area contributed by atoms with Gasteiger partial charge in [0.1, 0.15) is 0 Å². The molecule has 2 aromatic rings. The van der Waals surface area contributed by atoms with Gasteiger partial charge < -0.3 is 10.2 Å². The molecular weight excluding hydrogens is 286 g/mol. The van der Waals surface area contributed by atoms with Crippen LogP contribution in [0.2, 0.25) is 0 Å². The smallest absolute Gasteiger partial charge is 0.0969 e. The van der Waals surface area contributed by atoms with Crippen LogP contribution in [0.5, 0.6) is 0 Å². The molecule has 1 aliphatic rings. The predicted octanol–water partition coefficient (Wildman–Crippen LogP) is 2.62. The molecule has 1 aromatic carbocycles. The first kappa shape index (κ1) is 16.1. The normalized spacial score (nSPS) is 17.5. The number of nitrogens with zero attached hydrogens (tertiary/aromatic N) is 4. The highest BCUT2D eigenvalue weighted by Crippen LogP contribution is 2.31. The zero-order valence-electron chi connectivity index (χ0n) is 14.2. The molecular formula is C18H27N5. The lowest BCUT2D eigenvalue weighted by atomic mass is 9.80. The minimum atomic E-state index is 0.299. The SMILES string of the molecule is CN(C)C1(CNCc2cnn(-c3ccccc3)n2)CCCCC1. The highest BCUT2D eigenvalue weighted by atomic mass is 15.5. The van der Waals surface area contributed by atoms with Gasteiger partial charge in [-0.25, -0.2) is 0 Å². The molecule has 0 spiro atoms. The average Bonchev–Trinajstić information content (AvgIpc) is 3.05. The highest BCUT2D eigenvalue weighted by molar-refractivity contribution is 5.28. The molecule has 0 amide bonds. The summed E-state index contributed by atoms with van der Waals surface area (Å²) in [7, 11) is 4.41. The largest absolute Gasteiger partial charge is 0.309 e. The number of rotatable bonds is 6. The number of likely N-dealkylation sites (N-methyl/N-ethyl adjacent to an activating group) is 1. The van der Waals surface area contributed by atoms with E-state index in [-0.39, 0.29) is 0 Å². The van der Waals surface area contributed by atoms with Gasteiger partial charge in [-0.15, -0.1) is 0 Å². The van der Waals surface area contributed by atoms with Gasteiger partial charge in [-0.05, 0) is 39.1 Å². The van der Waals surface area contributed by atoms with Crippen molar-refractivity contribution in [2.75, 3.05) is 20.6 Å². The third-order valence-corrected chi connectivity index (χ3v) is 5.02. The van der Waals surface area contributed by atoms with Gasteiger partial charge in [-0.3, -0.25) is 0 Å². The quantitative estimate of drug-likeness (QED) is 0.890. The molecule has 1 heterocycles. The first-order valence-corrected chi connectivity index (χ1v) is 8.54. The summed E-state index contributed by atoms with van der Waals surface area (Å²) in [5.41, 5.74) is 2.28. The lowest BCUT2D eigenvalue weighted by Crippen LogP contribution is -2.52. The van der Waals surface area contributed by atoms with Crippen LogP contribution in [0.1, 0.15) is 37.8 Å². The van der Waals surface area contributed by atoms with Crippen molar-refractivity contribution in [3.05, 3.63) is 42.2 Å². The molecule has 1 aromatic heterocycles. The van der Waals surface area contributed by atoms with Gasteiger partial charge in [0, 0.05) is 18.6 Å². The van der Waals surface area contributed by atoms with E-state index in [0.29, 0.717) is 5.54 Å². The van der Waals surface area contributed by atoms with Crippen LogP contribution in [0.25, 0.3) is 5.69 Å². The maximum atomic E-state index is 4.56. The average molecular weight is 313 g/mol. The van der Waals surface area contributed by atoms with Gasteiger partial charge >= 0.3 is 0 Å². The van der Waals surface area contributed by atoms with Crippen LogP contribution in [0.15, 0.2) is 36.5 Å². The molecule has 1 fully saturated rings. The lowest BCUT2D eigenvalue weighted by Gasteiger charge is -2.43. The van der Waals surface area contributed by atoms with Crippen molar-refractivity contribution in [2.45, 2.75) is 44.2 Å². The maximum absolute atomic E-state index is 4.56. The summed E-state index contributed by atoms with van der Waals surface area (Å²) in [4.78, 5) is 4.10. The Kier molecular flexibility index (Phi) is 5.08. The molecule has 0 radical (unpaired) electrons. The Bertz CT molecular complexity index is 599. The highest BCUT2D eigenvalue weighted by Gasteiger charge is 2.33. The number of para-hydroxylation sites is 1. The van der Waals surface area contributed by atoms with E-state index in [4.69, 9.17) is 0 Å². The molecule has 0 unspecified atom stereocenters. The van der Waals surface area contributed by atoms with Crippen LogP contribution in [0.3, 0.4) is 0 Å². The monoisotopic (exact) mass is 313 g/mol. The lowest BCUT2D eigenvalue weighted by molar-refractivity contribution is 0.0983. The molecule has 5 nitrogen and oxygen atoms in total. The van der Waals surface area contributed by atoms with Crippen molar-refractivity contribution in [3.63, 3.8) is 0 Å². The van der Waals surface area contributed by atoms with Crippen molar-refractivity contribution in [2.24, 2.45) is 0 Å². The van der Waals surface area contributed by atoms with Crippen molar-refractivity contribution in [3.8, 4) is 5.69 Å². The van der Waals surface area contributed by atoms with E-state index < -0.39 is 0 Å². The molecule has 0 aliphatic heterocycles. The predicted molar refractivity (Wildman–Crippen MR) is 92.6 cm³/mol. The Balaban J connectivity index is 1.57. The fraction of sp³-hybridized carbons (Fsp3) is 0.556. The molecule has 1 saturated carbocycles. The molecule has 1 N–H and O–H groups in total. The van der Waals surface area contributed by atoms with Crippen LogP contribution >= 0.6 is 0 Å². The molecule has 23 heavy (non-hydrogen) atoms. The van der Waals surface area contributed by atoms with Crippen molar-refractivity contribution < 1.29 is 0 Å². The Morgan fingerprint density at radius 3 is 2.57 bits per heavy atom. The van der Waals surface area contributed by atoms with Crippen LogP contribution in [-0.4, -0.2) is 46.1 Å². The van der Waals surface area contributed by atoms with Crippen molar-refractivity contribution in [1.82, 2.24) is 25.2 Å². The Morgan fingerprint density at radius 1 is 1.13 bits per heavy atom. The second-order valence-electron chi connectivity index (χ2n) is 6.74. The van der Waals surface area contributed by atoms with Gasteiger partial charge in [0.15, 0.2) is 0 Å². The van der Waals surface area contributed by atoms with Gasteiger partial charge in [-0.2, -0.15) is 15.0 Å². The Hall–Kier alpha value is -1.72. The molecule has 0 bridgehead atoms. The van der Waals surface area contributed by atoms with E-state index in [1.165, 1.54) is 32.1 Å². The van der Waals surface area contributed by atoms with Crippen LogP contribution in [-0.2, 0) is 6.54 Å². The summed E-state index contributed by atoms with van der Waals surface area (Å²) in [5.74, 6) is 0. The summed E-state index contributed by atoms with van der Waals surface area (Å²) >= 11 is 0. The summed E-state index contributed by atoms with van der Waals surface area (Å²) < 4.78 is 0.